The SMILES string of the molecule is Cc1cc(C(N)C2CSCCS2)ccc1F. The van der Waals surface area contributed by atoms with Crippen LogP contribution < -0.4 is 5.73 Å². The predicted octanol–water partition coefficient (Wildman–Crippen LogP) is 2.98. The van der Waals surface area contributed by atoms with E-state index in [-0.39, 0.29) is 11.9 Å². The minimum atomic E-state index is -0.151. The normalized spacial score (nSPS) is 23.1. The number of hydrogen-bond acceptors (Lipinski definition) is 3. The van der Waals surface area contributed by atoms with Crippen molar-refractivity contribution in [2.24, 2.45) is 5.73 Å². The molecule has 1 aliphatic rings. The van der Waals surface area contributed by atoms with Crippen molar-refractivity contribution in [2.75, 3.05) is 17.3 Å². The summed E-state index contributed by atoms with van der Waals surface area (Å²) in [7, 11) is 0. The molecule has 88 valence electrons. The Morgan fingerprint density at radius 2 is 2.25 bits per heavy atom. The van der Waals surface area contributed by atoms with E-state index in [0.29, 0.717) is 10.8 Å². The lowest BCUT2D eigenvalue weighted by atomic mass is 10.0. The van der Waals surface area contributed by atoms with Gasteiger partial charge in [-0.25, -0.2) is 4.39 Å². The summed E-state index contributed by atoms with van der Waals surface area (Å²) in [6.45, 7) is 1.79. The molecule has 2 N–H and O–H groups in total. The molecular weight excluding hydrogens is 241 g/mol. The summed E-state index contributed by atoms with van der Waals surface area (Å²) in [6.07, 6.45) is 0. The van der Waals surface area contributed by atoms with E-state index in [0.717, 1.165) is 11.3 Å². The first-order chi connectivity index (χ1) is 7.68. The summed E-state index contributed by atoms with van der Waals surface area (Å²) >= 11 is 3.90. The first-order valence-corrected chi connectivity index (χ1v) is 7.60. The fourth-order valence-electron chi connectivity index (χ4n) is 1.80. The highest BCUT2D eigenvalue weighted by Crippen LogP contribution is 2.32. The van der Waals surface area contributed by atoms with Gasteiger partial charge in [0.1, 0.15) is 5.82 Å². The third-order valence-electron chi connectivity index (χ3n) is 2.81. The number of hydrogen-bond donors (Lipinski definition) is 1. The van der Waals surface area contributed by atoms with E-state index in [4.69, 9.17) is 5.73 Å². The van der Waals surface area contributed by atoms with Gasteiger partial charge in [0.05, 0.1) is 0 Å². The summed E-state index contributed by atoms with van der Waals surface area (Å²) in [5.74, 6) is 3.34. The lowest BCUT2D eigenvalue weighted by Crippen LogP contribution is -2.28. The van der Waals surface area contributed by atoms with Crippen molar-refractivity contribution in [3.8, 4) is 0 Å². The van der Waals surface area contributed by atoms with Crippen molar-refractivity contribution >= 4 is 23.5 Å². The Balaban J connectivity index is 2.12. The van der Waals surface area contributed by atoms with Crippen LogP contribution in [0.3, 0.4) is 0 Å². The van der Waals surface area contributed by atoms with Crippen molar-refractivity contribution in [1.29, 1.82) is 0 Å². The first kappa shape index (κ1) is 12.3. The van der Waals surface area contributed by atoms with E-state index < -0.39 is 0 Å². The molecule has 2 rings (SSSR count). The lowest BCUT2D eigenvalue weighted by Gasteiger charge is -2.27. The Bertz CT molecular complexity index is 364. The summed E-state index contributed by atoms with van der Waals surface area (Å²) in [5, 5.41) is 0.462. The second kappa shape index (κ2) is 5.43. The minimum Gasteiger partial charge on any atom is -0.323 e. The molecule has 1 aromatic rings. The van der Waals surface area contributed by atoms with Crippen LogP contribution in [0.4, 0.5) is 4.39 Å². The molecule has 1 saturated heterocycles. The average molecular weight is 257 g/mol. The quantitative estimate of drug-likeness (QED) is 0.882. The Kier molecular flexibility index (Phi) is 4.16. The van der Waals surface area contributed by atoms with Crippen molar-refractivity contribution in [1.82, 2.24) is 0 Å². The topological polar surface area (TPSA) is 26.0 Å². The molecule has 0 amide bonds. The van der Waals surface area contributed by atoms with E-state index in [1.807, 2.05) is 35.7 Å². The maximum Gasteiger partial charge on any atom is 0.126 e. The molecule has 0 bridgehead atoms. The highest BCUT2D eigenvalue weighted by atomic mass is 32.2. The van der Waals surface area contributed by atoms with Gasteiger partial charge in [-0.15, -0.1) is 0 Å². The van der Waals surface area contributed by atoms with Gasteiger partial charge in [0.2, 0.25) is 0 Å². The second-order valence-corrected chi connectivity index (χ2v) is 6.52. The van der Waals surface area contributed by atoms with E-state index in [1.54, 1.807) is 6.92 Å². The highest BCUT2D eigenvalue weighted by molar-refractivity contribution is 8.06. The number of rotatable bonds is 2. The van der Waals surface area contributed by atoms with Crippen LogP contribution in [0, 0.1) is 12.7 Å². The minimum absolute atomic E-state index is 0.0251. The van der Waals surface area contributed by atoms with Gasteiger partial charge in [0.25, 0.3) is 0 Å². The van der Waals surface area contributed by atoms with Crippen LogP contribution in [0.1, 0.15) is 17.2 Å². The van der Waals surface area contributed by atoms with Crippen molar-refractivity contribution in [3.63, 3.8) is 0 Å². The second-order valence-electron chi connectivity index (χ2n) is 4.02. The largest absolute Gasteiger partial charge is 0.323 e. The Labute approximate surface area is 104 Å². The molecule has 0 aliphatic carbocycles. The van der Waals surface area contributed by atoms with Gasteiger partial charge >= 0.3 is 0 Å². The maximum atomic E-state index is 13.2. The van der Waals surface area contributed by atoms with Crippen LogP contribution in [0.15, 0.2) is 18.2 Å². The summed E-state index contributed by atoms with van der Waals surface area (Å²) in [5.41, 5.74) is 7.97. The summed E-state index contributed by atoms with van der Waals surface area (Å²) < 4.78 is 13.2. The van der Waals surface area contributed by atoms with Gasteiger partial charge in [-0.3, -0.25) is 0 Å². The highest BCUT2D eigenvalue weighted by Gasteiger charge is 2.23. The van der Waals surface area contributed by atoms with E-state index in [9.17, 15) is 4.39 Å². The van der Waals surface area contributed by atoms with Gasteiger partial charge in [-0.1, -0.05) is 12.1 Å². The fourth-order valence-corrected chi connectivity index (χ4v) is 4.61. The van der Waals surface area contributed by atoms with Gasteiger partial charge in [0, 0.05) is 28.6 Å². The molecule has 0 saturated carbocycles. The van der Waals surface area contributed by atoms with Crippen LogP contribution in [0.25, 0.3) is 0 Å². The number of thioether (sulfide) groups is 2. The van der Waals surface area contributed by atoms with E-state index in [1.165, 1.54) is 17.6 Å². The average Bonchev–Trinajstić information content (AvgIpc) is 2.33. The van der Waals surface area contributed by atoms with Crippen LogP contribution in [0.5, 0.6) is 0 Å². The lowest BCUT2D eigenvalue weighted by molar-refractivity contribution is 0.615. The smallest absolute Gasteiger partial charge is 0.126 e. The zero-order valence-electron chi connectivity index (χ0n) is 9.28. The standard InChI is InChI=1S/C12H16FNS2/c1-8-6-9(2-3-10(8)13)12(14)11-7-15-4-5-16-11/h2-3,6,11-12H,4-5,7,14H2,1H3. The van der Waals surface area contributed by atoms with Gasteiger partial charge in [-0.05, 0) is 24.1 Å². The Morgan fingerprint density at radius 3 is 2.88 bits per heavy atom. The Hall–Kier alpha value is -0.190. The van der Waals surface area contributed by atoms with Crippen LogP contribution in [-0.4, -0.2) is 22.5 Å². The molecule has 1 aromatic carbocycles. The number of nitrogens with two attached hydrogens (primary N) is 1. The number of halogens is 1. The first-order valence-electron chi connectivity index (χ1n) is 5.39. The molecule has 0 aromatic heterocycles. The fraction of sp³-hybridized carbons (Fsp3) is 0.500. The third-order valence-corrected chi connectivity index (χ3v) is 5.69. The maximum absolute atomic E-state index is 13.2. The molecule has 1 fully saturated rings. The van der Waals surface area contributed by atoms with Crippen LogP contribution >= 0.6 is 23.5 Å². The third kappa shape index (κ3) is 2.73. The number of benzene rings is 1. The zero-order chi connectivity index (χ0) is 11.5. The summed E-state index contributed by atoms with van der Waals surface area (Å²) in [6, 6.07) is 5.23. The number of aryl methyl sites for hydroxylation is 1. The zero-order valence-corrected chi connectivity index (χ0v) is 10.9. The molecule has 16 heavy (non-hydrogen) atoms. The summed E-state index contributed by atoms with van der Waals surface area (Å²) in [4.78, 5) is 0. The van der Waals surface area contributed by atoms with Gasteiger partial charge < -0.3 is 5.73 Å². The Morgan fingerprint density at radius 1 is 1.44 bits per heavy atom. The monoisotopic (exact) mass is 257 g/mol. The molecule has 2 unspecified atom stereocenters. The van der Waals surface area contributed by atoms with E-state index in [2.05, 4.69) is 0 Å². The molecule has 2 atom stereocenters. The molecule has 1 nitrogen and oxygen atoms in total. The van der Waals surface area contributed by atoms with Crippen LogP contribution in [-0.2, 0) is 0 Å². The predicted molar refractivity (Wildman–Crippen MR) is 71.6 cm³/mol. The van der Waals surface area contributed by atoms with Crippen LogP contribution in [0.2, 0.25) is 0 Å². The molecule has 0 radical (unpaired) electrons. The molecule has 4 heteroatoms. The molecule has 1 heterocycles. The van der Waals surface area contributed by atoms with Gasteiger partial charge in [-0.2, -0.15) is 23.5 Å². The van der Waals surface area contributed by atoms with E-state index >= 15 is 0 Å². The molecule has 1 aliphatic heterocycles. The van der Waals surface area contributed by atoms with Crippen molar-refractivity contribution in [3.05, 3.63) is 35.1 Å². The van der Waals surface area contributed by atoms with Crippen molar-refractivity contribution < 1.29 is 4.39 Å². The van der Waals surface area contributed by atoms with Gasteiger partial charge in [0.15, 0.2) is 0 Å². The van der Waals surface area contributed by atoms with Crippen molar-refractivity contribution in [2.45, 2.75) is 18.2 Å². The molecular formula is C12H16FNS2. The molecule has 0 spiro atoms.